The summed E-state index contributed by atoms with van der Waals surface area (Å²) in [6.45, 7) is 9.66. The van der Waals surface area contributed by atoms with Crippen LogP contribution < -0.4 is 5.32 Å². The summed E-state index contributed by atoms with van der Waals surface area (Å²) in [5.41, 5.74) is 1.99. The summed E-state index contributed by atoms with van der Waals surface area (Å²) in [4.78, 5) is 17.7. The lowest BCUT2D eigenvalue weighted by atomic mass is 9.91. The second kappa shape index (κ2) is 8.32. The van der Waals surface area contributed by atoms with Crippen LogP contribution in [0.3, 0.4) is 0 Å². The lowest BCUT2D eigenvalue weighted by Gasteiger charge is -2.22. The zero-order valence-corrected chi connectivity index (χ0v) is 19.8. The molecular weight excluding hydrogens is 400 g/mol. The van der Waals surface area contributed by atoms with Crippen LogP contribution in [-0.2, 0) is 11.0 Å². The van der Waals surface area contributed by atoms with Crippen LogP contribution in [0, 0.1) is 0 Å². The number of benzene rings is 1. The van der Waals surface area contributed by atoms with Gasteiger partial charge in [0.2, 0.25) is 0 Å². The molecule has 2 aromatic heterocycles. The van der Waals surface area contributed by atoms with Gasteiger partial charge in [-0.15, -0.1) is 0 Å². The van der Waals surface area contributed by atoms with Gasteiger partial charge in [-0.25, -0.2) is 4.98 Å². The number of hydrogen-bond donors (Lipinski definition) is 2. The normalized spacial score (nSPS) is 15.8. The van der Waals surface area contributed by atoms with Crippen molar-refractivity contribution >= 4 is 22.5 Å². The Bertz CT molecular complexity index is 1130. The van der Waals surface area contributed by atoms with E-state index in [1.54, 1.807) is 19.9 Å². The summed E-state index contributed by atoms with van der Waals surface area (Å²) < 4.78 is 2.07. The van der Waals surface area contributed by atoms with E-state index < -0.39 is 5.60 Å². The molecule has 1 fully saturated rings. The van der Waals surface area contributed by atoms with Crippen molar-refractivity contribution in [3.8, 4) is 0 Å². The highest BCUT2D eigenvalue weighted by atomic mass is 16.3. The third-order valence-electron chi connectivity index (χ3n) is 6.27. The number of nitrogens with one attached hydrogen (secondary N) is 1. The molecule has 3 aromatic rings. The third kappa shape index (κ3) is 4.70. The van der Waals surface area contributed by atoms with Crippen LogP contribution in [0.25, 0.3) is 10.9 Å². The summed E-state index contributed by atoms with van der Waals surface area (Å²) in [7, 11) is 0. The van der Waals surface area contributed by atoms with Crippen LogP contribution >= 0.6 is 0 Å². The fourth-order valence-corrected chi connectivity index (χ4v) is 4.40. The molecule has 1 amide bonds. The van der Waals surface area contributed by atoms with Gasteiger partial charge in [0, 0.05) is 33.9 Å². The first-order valence-electron chi connectivity index (χ1n) is 11.6. The van der Waals surface area contributed by atoms with Crippen LogP contribution in [-0.4, -0.2) is 25.8 Å². The minimum Gasteiger partial charge on any atom is -0.386 e. The molecule has 0 unspecified atom stereocenters. The minimum atomic E-state index is -1.13. The first-order chi connectivity index (χ1) is 15.0. The molecule has 32 heavy (non-hydrogen) atoms. The predicted molar refractivity (Wildman–Crippen MR) is 128 cm³/mol. The Morgan fingerprint density at radius 2 is 1.81 bits per heavy atom. The summed E-state index contributed by atoms with van der Waals surface area (Å²) in [6, 6.07) is 9.74. The molecule has 0 bridgehead atoms. The number of pyridine rings is 1. The van der Waals surface area contributed by atoms with Crippen molar-refractivity contribution in [1.29, 1.82) is 0 Å². The van der Waals surface area contributed by atoms with Gasteiger partial charge in [0.05, 0.1) is 17.2 Å². The van der Waals surface area contributed by atoms with Crippen LogP contribution in [0.2, 0.25) is 0 Å². The number of fused-ring (bicyclic) bond motifs is 1. The molecule has 1 aliphatic rings. The molecule has 0 aliphatic heterocycles. The Morgan fingerprint density at radius 3 is 2.47 bits per heavy atom. The van der Waals surface area contributed by atoms with Gasteiger partial charge in [-0.3, -0.25) is 9.48 Å². The molecule has 1 aliphatic carbocycles. The van der Waals surface area contributed by atoms with Gasteiger partial charge in [0.25, 0.3) is 5.91 Å². The van der Waals surface area contributed by atoms with Crippen molar-refractivity contribution in [1.82, 2.24) is 14.8 Å². The molecule has 170 valence electrons. The number of amides is 1. The molecule has 0 spiro atoms. The van der Waals surface area contributed by atoms with Crippen LogP contribution in [0.4, 0.5) is 5.69 Å². The number of rotatable bonds is 4. The summed E-state index contributed by atoms with van der Waals surface area (Å²) in [5.74, 6) is -0.291. The Hall–Kier alpha value is -2.73. The number of aromatic nitrogens is 3. The number of carbonyl (C=O) groups is 1. The average Bonchev–Trinajstić information content (AvgIpc) is 3.16. The van der Waals surface area contributed by atoms with E-state index in [0.29, 0.717) is 23.0 Å². The second-order valence-electron chi connectivity index (χ2n) is 10.5. The zero-order chi connectivity index (χ0) is 23.1. The number of aliphatic hydroxyl groups is 1. The lowest BCUT2D eigenvalue weighted by Crippen LogP contribution is -2.22. The fourth-order valence-electron chi connectivity index (χ4n) is 4.40. The highest BCUT2D eigenvalue weighted by Crippen LogP contribution is 2.34. The van der Waals surface area contributed by atoms with Gasteiger partial charge in [0.15, 0.2) is 0 Å². The minimum absolute atomic E-state index is 0.152. The summed E-state index contributed by atoms with van der Waals surface area (Å²) in [5, 5.41) is 19.6. The standard InChI is InChI=1S/C26H34N4O2/c1-25(2,3)23-13-9-12-20(27-23)24(31)28-22-14-17-16-30(18-10-7-6-8-11-18)29-21(17)15-19(22)26(4,5)32/h9,12-16,18,32H,6-8,10-11H2,1-5H3,(H,28,31). The van der Waals surface area contributed by atoms with E-state index in [1.165, 1.54) is 19.3 Å². The third-order valence-corrected chi connectivity index (χ3v) is 6.27. The molecule has 6 heteroatoms. The van der Waals surface area contributed by atoms with Gasteiger partial charge in [-0.05, 0) is 51.0 Å². The van der Waals surface area contributed by atoms with E-state index in [0.717, 1.165) is 29.4 Å². The van der Waals surface area contributed by atoms with E-state index in [4.69, 9.17) is 5.10 Å². The highest BCUT2D eigenvalue weighted by molar-refractivity contribution is 6.04. The molecule has 2 heterocycles. The molecule has 4 rings (SSSR count). The van der Waals surface area contributed by atoms with Crippen molar-refractivity contribution in [2.75, 3.05) is 5.32 Å². The monoisotopic (exact) mass is 434 g/mol. The maximum atomic E-state index is 13.1. The number of hydrogen-bond acceptors (Lipinski definition) is 4. The largest absolute Gasteiger partial charge is 0.386 e. The second-order valence-corrected chi connectivity index (χ2v) is 10.5. The molecule has 1 saturated carbocycles. The van der Waals surface area contributed by atoms with Crippen LogP contribution in [0.15, 0.2) is 36.5 Å². The van der Waals surface area contributed by atoms with Gasteiger partial charge in [0.1, 0.15) is 5.69 Å². The molecule has 0 radical (unpaired) electrons. The Kier molecular flexibility index (Phi) is 5.84. The van der Waals surface area contributed by atoms with E-state index in [-0.39, 0.29) is 11.3 Å². The Balaban J connectivity index is 1.69. The van der Waals surface area contributed by atoms with Crippen LogP contribution in [0.5, 0.6) is 0 Å². The van der Waals surface area contributed by atoms with Crippen molar-refractivity contribution < 1.29 is 9.90 Å². The number of nitrogens with zero attached hydrogens (tertiary/aromatic N) is 3. The Morgan fingerprint density at radius 1 is 1.09 bits per heavy atom. The van der Waals surface area contributed by atoms with E-state index in [2.05, 4.69) is 42.0 Å². The topological polar surface area (TPSA) is 80.0 Å². The van der Waals surface area contributed by atoms with Crippen molar-refractivity contribution in [2.45, 2.75) is 83.8 Å². The van der Waals surface area contributed by atoms with Crippen molar-refractivity contribution in [2.24, 2.45) is 0 Å². The van der Waals surface area contributed by atoms with E-state index >= 15 is 0 Å². The van der Waals surface area contributed by atoms with Gasteiger partial charge in [-0.2, -0.15) is 5.10 Å². The molecule has 0 saturated heterocycles. The molecular formula is C26H34N4O2. The van der Waals surface area contributed by atoms with Gasteiger partial charge >= 0.3 is 0 Å². The van der Waals surface area contributed by atoms with Crippen molar-refractivity contribution in [3.63, 3.8) is 0 Å². The average molecular weight is 435 g/mol. The predicted octanol–water partition coefficient (Wildman–Crippen LogP) is 5.71. The number of anilines is 1. The smallest absolute Gasteiger partial charge is 0.274 e. The first-order valence-corrected chi connectivity index (χ1v) is 11.6. The van der Waals surface area contributed by atoms with E-state index in [9.17, 15) is 9.90 Å². The van der Waals surface area contributed by atoms with Gasteiger partial charge < -0.3 is 10.4 Å². The van der Waals surface area contributed by atoms with Crippen molar-refractivity contribution in [3.05, 3.63) is 53.5 Å². The van der Waals surface area contributed by atoms with Crippen LogP contribution in [0.1, 0.15) is 94.5 Å². The molecule has 0 atom stereocenters. The fraction of sp³-hybridized carbons (Fsp3) is 0.500. The highest BCUT2D eigenvalue weighted by Gasteiger charge is 2.25. The summed E-state index contributed by atoms with van der Waals surface area (Å²) >= 11 is 0. The maximum Gasteiger partial charge on any atom is 0.274 e. The molecule has 6 nitrogen and oxygen atoms in total. The first kappa shape index (κ1) is 22.5. The summed E-state index contributed by atoms with van der Waals surface area (Å²) in [6.07, 6.45) is 8.11. The SMILES string of the molecule is CC(C)(C)c1cccc(C(=O)Nc2cc3cn(C4CCCCC4)nc3cc2C(C)(C)O)n1. The lowest BCUT2D eigenvalue weighted by molar-refractivity contribution is 0.0793. The molecule has 1 aromatic carbocycles. The number of carbonyl (C=O) groups excluding carboxylic acids is 1. The molecule has 2 N–H and O–H groups in total. The van der Waals surface area contributed by atoms with E-state index in [1.807, 2.05) is 24.3 Å². The van der Waals surface area contributed by atoms with Gasteiger partial charge in [-0.1, -0.05) is 46.1 Å². The Labute approximate surface area is 190 Å². The quantitative estimate of drug-likeness (QED) is 0.551. The maximum absolute atomic E-state index is 13.1. The zero-order valence-electron chi connectivity index (χ0n) is 19.8.